The van der Waals surface area contributed by atoms with Crippen LogP contribution < -0.4 is 5.43 Å². The zero-order chi connectivity index (χ0) is 19.8. The van der Waals surface area contributed by atoms with Gasteiger partial charge in [-0.1, -0.05) is 18.2 Å². The molecule has 3 rings (SSSR count). The molecule has 0 spiro atoms. The standard InChI is InChI=1S/C19H18N4O4S/c24-19(22-21-13-16-8-10-20-11-9-16)15-23(14-17-5-4-12-27-17)28(25,26)18-6-2-1-3-7-18/h1-13H,14-15H2,(H,22,24)/b21-13-. The number of benzene rings is 1. The molecule has 28 heavy (non-hydrogen) atoms. The first kappa shape index (κ1) is 19.5. The molecule has 0 aliphatic carbocycles. The minimum Gasteiger partial charge on any atom is -0.468 e. The summed E-state index contributed by atoms with van der Waals surface area (Å²) < 4.78 is 32.2. The molecule has 9 heteroatoms. The minimum absolute atomic E-state index is 0.0777. The van der Waals surface area contributed by atoms with E-state index in [-0.39, 0.29) is 11.4 Å². The largest absolute Gasteiger partial charge is 0.468 e. The predicted molar refractivity (Wildman–Crippen MR) is 103 cm³/mol. The van der Waals surface area contributed by atoms with Gasteiger partial charge in [-0.25, -0.2) is 13.8 Å². The van der Waals surface area contributed by atoms with Gasteiger partial charge in [0.25, 0.3) is 5.91 Å². The van der Waals surface area contributed by atoms with Crippen LogP contribution in [0.4, 0.5) is 0 Å². The Hall–Kier alpha value is -3.30. The Labute approximate surface area is 162 Å². The van der Waals surface area contributed by atoms with Crippen molar-refractivity contribution in [3.8, 4) is 0 Å². The van der Waals surface area contributed by atoms with Gasteiger partial charge in [0.1, 0.15) is 5.76 Å². The summed E-state index contributed by atoms with van der Waals surface area (Å²) >= 11 is 0. The lowest BCUT2D eigenvalue weighted by Crippen LogP contribution is -2.38. The Morgan fingerprint density at radius 2 is 1.86 bits per heavy atom. The van der Waals surface area contributed by atoms with E-state index < -0.39 is 22.5 Å². The topological polar surface area (TPSA) is 105 Å². The van der Waals surface area contributed by atoms with Crippen LogP contribution >= 0.6 is 0 Å². The van der Waals surface area contributed by atoms with Crippen molar-refractivity contribution >= 4 is 22.1 Å². The third kappa shape index (κ3) is 5.12. The van der Waals surface area contributed by atoms with Gasteiger partial charge < -0.3 is 4.42 Å². The quantitative estimate of drug-likeness (QED) is 0.462. The first-order valence-electron chi connectivity index (χ1n) is 8.35. The van der Waals surface area contributed by atoms with Crippen LogP contribution in [0, 0.1) is 0 Å². The van der Waals surface area contributed by atoms with Crippen molar-refractivity contribution in [2.75, 3.05) is 6.54 Å². The maximum absolute atomic E-state index is 12.9. The van der Waals surface area contributed by atoms with Gasteiger partial charge in [-0.05, 0) is 42.0 Å². The Bertz CT molecular complexity index is 1020. The van der Waals surface area contributed by atoms with Gasteiger partial charge in [0.2, 0.25) is 10.0 Å². The number of nitrogens with zero attached hydrogens (tertiary/aromatic N) is 3. The van der Waals surface area contributed by atoms with E-state index in [9.17, 15) is 13.2 Å². The number of pyridine rings is 1. The van der Waals surface area contributed by atoms with Crippen LogP contribution in [0.5, 0.6) is 0 Å². The highest BCUT2D eigenvalue weighted by atomic mass is 32.2. The molecule has 0 fully saturated rings. The van der Waals surface area contributed by atoms with Gasteiger partial charge in [0, 0.05) is 12.4 Å². The summed E-state index contributed by atoms with van der Waals surface area (Å²) in [5, 5.41) is 3.85. The Morgan fingerprint density at radius 1 is 1.11 bits per heavy atom. The Morgan fingerprint density at radius 3 is 2.54 bits per heavy atom. The molecule has 0 aliphatic rings. The highest BCUT2D eigenvalue weighted by Crippen LogP contribution is 2.18. The molecular formula is C19H18N4O4S. The summed E-state index contributed by atoms with van der Waals surface area (Å²) in [6.07, 6.45) is 6.09. The van der Waals surface area contributed by atoms with Crippen LogP contribution in [0.25, 0.3) is 0 Å². The Kier molecular flexibility index (Phi) is 6.30. The fraction of sp³-hybridized carbons (Fsp3) is 0.105. The zero-order valence-electron chi connectivity index (χ0n) is 14.8. The third-order valence-corrected chi connectivity index (χ3v) is 5.53. The van der Waals surface area contributed by atoms with E-state index in [1.165, 1.54) is 24.6 Å². The summed E-state index contributed by atoms with van der Waals surface area (Å²) in [5.74, 6) is -0.149. The number of carbonyl (C=O) groups excluding carboxylic acids is 1. The number of rotatable bonds is 8. The molecule has 2 heterocycles. The van der Waals surface area contributed by atoms with Gasteiger partial charge in [-0.15, -0.1) is 0 Å². The van der Waals surface area contributed by atoms with E-state index in [2.05, 4.69) is 15.5 Å². The second-order valence-electron chi connectivity index (χ2n) is 5.74. The van der Waals surface area contributed by atoms with E-state index in [1.807, 2.05) is 0 Å². The van der Waals surface area contributed by atoms with Crippen molar-refractivity contribution in [1.29, 1.82) is 0 Å². The monoisotopic (exact) mass is 398 g/mol. The smallest absolute Gasteiger partial charge is 0.255 e. The number of amides is 1. The zero-order valence-corrected chi connectivity index (χ0v) is 15.6. The maximum Gasteiger partial charge on any atom is 0.255 e. The molecule has 1 N–H and O–H groups in total. The summed E-state index contributed by atoms with van der Waals surface area (Å²) in [5.41, 5.74) is 3.09. The molecule has 0 atom stereocenters. The Balaban J connectivity index is 1.73. The second-order valence-corrected chi connectivity index (χ2v) is 7.68. The average Bonchev–Trinajstić information content (AvgIpc) is 3.22. The lowest BCUT2D eigenvalue weighted by atomic mass is 10.3. The SMILES string of the molecule is O=C(CN(Cc1ccco1)S(=O)(=O)c1ccccc1)N/N=C\c1ccncc1. The molecular weight excluding hydrogens is 380 g/mol. The highest BCUT2D eigenvalue weighted by Gasteiger charge is 2.27. The van der Waals surface area contributed by atoms with Crippen LogP contribution in [0.1, 0.15) is 11.3 Å². The van der Waals surface area contributed by atoms with Gasteiger partial charge in [-0.2, -0.15) is 9.41 Å². The lowest BCUT2D eigenvalue weighted by Gasteiger charge is -2.20. The number of hydrazone groups is 1. The fourth-order valence-electron chi connectivity index (χ4n) is 2.37. The molecule has 3 aromatic rings. The lowest BCUT2D eigenvalue weighted by molar-refractivity contribution is -0.121. The average molecular weight is 398 g/mol. The van der Waals surface area contributed by atoms with Crippen LogP contribution in [-0.4, -0.2) is 36.4 Å². The number of nitrogens with one attached hydrogen (secondary N) is 1. The first-order chi connectivity index (χ1) is 13.6. The predicted octanol–water partition coefficient (Wildman–Crippen LogP) is 2.02. The summed E-state index contributed by atoms with van der Waals surface area (Å²) in [6.45, 7) is -0.489. The molecule has 0 saturated heterocycles. The van der Waals surface area contributed by atoms with Gasteiger partial charge in [-0.3, -0.25) is 9.78 Å². The van der Waals surface area contributed by atoms with Crippen molar-refractivity contribution in [2.45, 2.75) is 11.4 Å². The summed E-state index contributed by atoms with van der Waals surface area (Å²) in [7, 11) is -3.90. The van der Waals surface area contributed by atoms with Crippen LogP contribution in [0.15, 0.2) is 87.7 Å². The molecule has 0 bridgehead atoms. The molecule has 1 aromatic carbocycles. The number of furan rings is 1. The summed E-state index contributed by atoms with van der Waals surface area (Å²) in [6, 6.07) is 14.7. The van der Waals surface area contributed by atoms with Crippen molar-refractivity contribution in [3.05, 3.63) is 84.6 Å². The van der Waals surface area contributed by atoms with Gasteiger partial charge in [0.15, 0.2) is 0 Å². The van der Waals surface area contributed by atoms with Crippen molar-refractivity contribution < 1.29 is 17.6 Å². The van der Waals surface area contributed by atoms with Gasteiger partial charge >= 0.3 is 0 Å². The van der Waals surface area contributed by atoms with E-state index >= 15 is 0 Å². The fourth-order valence-corrected chi connectivity index (χ4v) is 3.75. The highest BCUT2D eigenvalue weighted by molar-refractivity contribution is 7.89. The molecule has 1 amide bonds. The van der Waals surface area contributed by atoms with Crippen molar-refractivity contribution in [3.63, 3.8) is 0 Å². The molecule has 8 nitrogen and oxygen atoms in total. The number of sulfonamides is 1. The van der Waals surface area contributed by atoms with Crippen LogP contribution in [0.3, 0.4) is 0 Å². The summed E-state index contributed by atoms with van der Waals surface area (Å²) in [4.78, 5) is 16.3. The molecule has 0 aliphatic heterocycles. The van der Waals surface area contributed by atoms with E-state index in [1.54, 1.807) is 54.9 Å². The maximum atomic E-state index is 12.9. The second kappa shape index (κ2) is 9.07. The van der Waals surface area contributed by atoms with Gasteiger partial charge in [0.05, 0.1) is 30.5 Å². The molecule has 0 saturated carbocycles. The third-order valence-electron chi connectivity index (χ3n) is 3.72. The van der Waals surface area contributed by atoms with E-state index in [0.717, 1.165) is 9.87 Å². The molecule has 144 valence electrons. The van der Waals surface area contributed by atoms with Crippen molar-refractivity contribution in [1.82, 2.24) is 14.7 Å². The van der Waals surface area contributed by atoms with Crippen molar-refractivity contribution in [2.24, 2.45) is 5.10 Å². The number of carbonyl (C=O) groups is 1. The number of hydrogen-bond acceptors (Lipinski definition) is 6. The number of aromatic nitrogens is 1. The van der Waals surface area contributed by atoms with Crippen LogP contribution in [-0.2, 0) is 21.4 Å². The molecule has 0 unspecified atom stereocenters. The first-order valence-corrected chi connectivity index (χ1v) is 9.79. The van der Waals surface area contributed by atoms with E-state index in [4.69, 9.17) is 4.42 Å². The number of hydrogen-bond donors (Lipinski definition) is 1. The normalized spacial score (nSPS) is 11.8. The van der Waals surface area contributed by atoms with Crippen LogP contribution in [0.2, 0.25) is 0 Å². The molecule has 0 radical (unpaired) electrons. The van der Waals surface area contributed by atoms with E-state index in [0.29, 0.717) is 5.76 Å². The molecule has 2 aromatic heterocycles. The minimum atomic E-state index is -3.90.